The zero-order valence-electron chi connectivity index (χ0n) is 10.6. The maximum absolute atomic E-state index is 5.94. The van der Waals surface area contributed by atoms with Gasteiger partial charge in [-0.15, -0.1) is 11.3 Å². The van der Waals surface area contributed by atoms with Gasteiger partial charge in [0.2, 0.25) is 0 Å². The molecule has 2 aromatic rings. The van der Waals surface area contributed by atoms with Gasteiger partial charge in [-0.1, -0.05) is 0 Å². The van der Waals surface area contributed by atoms with E-state index in [4.69, 9.17) is 15.1 Å². The number of aromatic nitrogens is 1. The van der Waals surface area contributed by atoms with Crippen molar-refractivity contribution >= 4 is 11.3 Å². The minimum Gasteiger partial charge on any atom is -0.460 e. The number of hydrogen-bond donors (Lipinski definition) is 1. The van der Waals surface area contributed by atoms with Gasteiger partial charge < -0.3 is 10.2 Å². The minimum absolute atomic E-state index is 0.397. The molecule has 0 unspecified atom stereocenters. The van der Waals surface area contributed by atoms with E-state index in [0.717, 1.165) is 30.1 Å². The Morgan fingerprint density at radius 2 is 2.06 bits per heavy atom. The van der Waals surface area contributed by atoms with Crippen molar-refractivity contribution in [3.63, 3.8) is 0 Å². The van der Waals surface area contributed by atoms with Gasteiger partial charge in [-0.05, 0) is 44.7 Å². The maximum Gasteiger partial charge on any atom is 0.153 e. The minimum atomic E-state index is 0.397. The maximum atomic E-state index is 5.94. The molecule has 1 saturated carbocycles. The number of nitrogens with two attached hydrogens (primary N) is 1. The van der Waals surface area contributed by atoms with Crippen LogP contribution in [0.1, 0.15) is 42.4 Å². The molecule has 0 amide bonds. The lowest BCUT2D eigenvalue weighted by Gasteiger charge is -2.24. The highest BCUT2D eigenvalue weighted by Gasteiger charge is 2.22. The standard InChI is InChI=1S/C14H18N2OS/c1-9-2-7-13(17-9)12-8-18-14(16-12)10-3-5-11(15)6-4-10/h2,7-8,10-11H,3-6,15H2,1H3. The summed E-state index contributed by atoms with van der Waals surface area (Å²) in [5.74, 6) is 2.41. The lowest BCUT2D eigenvalue weighted by atomic mass is 9.87. The van der Waals surface area contributed by atoms with E-state index in [1.54, 1.807) is 11.3 Å². The van der Waals surface area contributed by atoms with Crippen molar-refractivity contribution < 1.29 is 4.42 Å². The van der Waals surface area contributed by atoms with Gasteiger partial charge >= 0.3 is 0 Å². The van der Waals surface area contributed by atoms with Crippen molar-refractivity contribution in [1.29, 1.82) is 0 Å². The highest BCUT2D eigenvalue weighted by molar-refractivity contribution is 7.10. The first-order valence-corrected chi connectivity index (χ1v) is 7.38. The fraction of sp³-hybridized carbons (Fsp3) is 0.500. The fourth-order valence-corrected chi connectivity index (χ4v) is 3.51. The topological polar surface area (TPSA) is 52.0 Å². The Kier molecular flexibility index (Phi) is 3.22. The molecule has 2 heterocycles. The van der Waals surface area contributed by atoms with Crippen molar-refractivity contribution in [2.45, 2.75) is 44.6 Å². The van der Waals surface area contributed by atoms with E-state index >= 15 is 0 Å². The lowest BCUT2D eigenvalue weighted by molar-refractivity contribution is 0.395. The molecule has 1 aliphatic rings. The normalized spacial score (nSPS) is 24.3. The molecule has 0 bridgehead atoms. The third-order valence-electron chi connectivity index (χ3n) is 3.64. The van der Waals surface area contributed by atoms with Crippen LogP contribution in [0.25, 0.3) is 11.5 Å². The van der Waals surface area contributed by atoms with Crippen LogP contribution in [0, 0.1) is 6.92 Å². The summed E-state index contributed by atoms with van der Waals surface area (Å²) in [6.45, 7) is 1.96. The van der Waals surface area contributed by atoms with Gasteiger partial charge in [0.05, 0.1) is 5.01 Å². The number of aryl methyl sites for hydroxylation is 1. The van der Waals surface area contributed by atoms with E-state index in [0.29, 0.717) is 12.0 Å². The van der Waals surface area contributed by atoms with Crippen molar-refractivity contribution in [1.82, 2.24) is 4.98 Å². The van der Waals surface area contributed by atoms with Crippen molar-refractivity contribution in [2.75, 3.05) is 0 Å². The van der Waals surface area contributed by atoms with Crippen LogP contribution < -0.4 is 5.73 Å². The second-order valence-electron chi connectivity index (χ2n) is 5.09. The molecule has 0 spiro atoms. The van der Waals surface area contributed by atoms with E-state index < -0.39 is 0 Å². The molecule has 0 aliphatic heterocycles. The Morgan fingerprint density at radius 3 is 2.72 bits per heavy atom. The highest BCUT2D eigenvalue weighted by atomic mass is 32.1. The van der Waals surface area contributed by atoms with Crippen LogP contribution in [0.15, 0.2) is 21.9 Å². The number of hydrogen-bond acceptors (Lipinski definition) is 4. The third kappa shape index (κ3) is 2.35. The van der Waals surface area contributed by atoms with Gasteiger partial charge in [0.25, 0.3) is 0 Å². The molecule has 3 rings (SSSR count). The van der Waals surface area contributed by atoms with E-state index in [9.17, 15) is 0 Å². The summed E-state index contributed by atoms with van der Waals surface area (Å²) < 4.78 is 5.61. The van der Waals surface area contributed by atoms with Gasteiger partial charge in [-0.3, -0.25) is 0 Å². The quantitative estimate of drug-likeness (QED) is 0.898. The molecule has 18 heavy (non-hydrogen) atoms. The summed E-state index contributed by atoms with van der Waals surface area (Å²) in [6.07, 6.45) is 4.59. The molecule has 0 saturated heterocycles. The fourth-order valence-electron chi connectivity index (χ4n) is 2.53. The SMILES string of the molecule is Cc1ccc(-c2csc(C3CCC(N)CC3)n2)o1. The summed E-state index contributed by atoms with van der Waals surface area (Å²) in [5, 5.41) is 3.34. The van der Waals surface area contributed by atoms with Crippen molar-refractivity contribution in [3.05, 3.63) is 28.3 Å². The summed E-state index contributed by atoms with van der Waals surface area (Å²) in [7, 11) is 0. The van der Waals surface area contributed by atoms with Crippen LogP contribution in [0.4, 0.5) is 0 Å². The van der Waals surface area contributed by atoms with Crippen LogP contribution in [-0.2, 0) is 0 Å². The molecular formula is C14H18N2OS. The smallest absolute Gasteiger partial charge is 0.153 e. The largest absolute Gasteiger partial charge is 0.460 e. The van der Waals surface area contributed by atoms with Gasteiger partial charge in [0.1, 0.15) is 11.5 Å². The van der Waals surface area contributed by atoms with Gasteiger partial charge in [-0.2, -0.15) is 0 Å². The number of thiazole rings is 1. The van der Waals surface area contributed by atoms with Crippen LogP contribution >= 0.6 is 11.3 Å². The number of rotatable bonds is 2. The van der Waals surface area contributed by atoms with E-state index in [2.05, 4.69) is 5.38 Å². The van der Waals surface area contributed by atoms with Crippen molar-refractivity contribution in [2.24, 2.45) is 5.73 Å². The van der Waals surface area contributed by atoms with E-state index in [-0.39, 0.29) is 0 Å². The molecule has 3 nitrogen and oxygen atoms in total. The third-order valence-corrected chi connectivity index (χ3v) is 4.64. The molecule has 0 radical (unpaired) electrons. The summed E-state index contributed by atoms with van der Waals surface area (Å²) in [4.78, 5) is 4.73. The van der Waals surface area contributed by atoms with E-state index in [1.807, 2.05) is 19.1 Å². The average molecular weight is 262 g/mol. The zero-order valence-corrected chi connectivity index (χ0v) is 11.4. The monoisotopic (exact) mass is 262 g/mol. The average Bonchev–Trinajstić information content (AvgIpc) is 2.98. The summed E-state index contributed by atoms with van der Waals surface area (Å²) in [6, 6.07) is 4.37. The summed E-state index contributed by atoms with van der Waals surface area (Å²) in [5.41, 5.74) is 6.91. The molecule has 96 valence electrons. The van der Waals surface area contributed by atoms with Crippen LogP contribution in [0.5, 0.6) is 0 Å². The second-order valence-corrected chi connectivity index (χ2v) is 5.98. The Bertz CT molecular complexity index is 523. The molecular weight excluding hydrogens is 244 g/mol. The van der Waals surface area contributed by atoms with Crippen LogP contribution in [-0.4, -0.2) is 11.0 Å². The van der Waals surface area contributed by atoms with Gasteiger partial charge in [0.15, 0.2) is 5.76 Å². The van der Waals surface area contributed by atoms with Crippen molar-refractivity contribution in [3.8, 4) is 11.5 Å². The predicted octanol–water partition coefficient (Wildman–Crippen LogP) is 3.70. The molecule has 2 aromatic heterocycles. The van der Waals surface area contributed by atoms with Gasteiger partial charge in [0, 0.05) is 17.3 Å². The van der Waals surface area contributed by atoms with Crippen LogP contribution in [0.2, 0.25) is 0 Å². The molecule has 0 atom stereocenters. The Balaban J connectivity index is 1.77. The van der Waals surface area contributed by atoms with E-state index in [1.165, 1.54) is 17.8 Å². The molecule has 0 aromatic carbocycles. The molecule has 2 N–H and O–H groups in total. The van der Waals surface area contributed by atoms with Crippen LogP contribution in [0.3, 0.4) is 0 Å². The molecule has 1 aliphatic carbocycles. The predicted molar refractivity (Wildman–Crippen MR) is 73.7 cm³/mol. The Hall–Kier alpha value is -1.13. The Morgan fingerprint density at radius 1 is 1.28 bits per heavy atom. The first-order valence-electron chi connectivity index (χ1n) is 6.50. The molecule has 4 heteroatoms. The molecule has 1 fully saturated rings. The second kappa shape index (κ2) is 4.86. The lowest BCUT2D eigenvalue weighted by Crippen LogP contribution is -2.25. The number of furan rings is 1. The zero-order chi connectivity index (χ0) is 12.5. The first-order chi connectivity index (χ1) is 8.72. The van der Waals surface area contributed by atoms with Gasteiger partial charge in [-0.25, -0.2) is 4.98 Å². The Labute approximate surface area is 111 Å². The summed E-state index contributed by atoms with van der Waals surface area (Å²) >= 11 is 1.75. The number of nitrogens with zero attached hydrogens (tertiary/aromatic N) is 1. The first kappa shape index (κ1) is 11.9. The highest BCUT2D eigenvalue weighted by Crippen LogP contribution is 2.35.